The maximum Gasteiger partial charge on any atom is 0.221 e. The van der Waals surface area contributed by atoms with Gasteiger partial charge in [0.1, 0.15) is 16.4 Å². The number of hydrogen-bond acceptors (Lipinski definition) is 4. The first-order valence-electron chi connectivity index (χ1n) is 6.22. The summed E-state index contributed by atoms with van der Waals surface area (Å²) in [6, 6.07) is 9.62. The van der Waals surface area contributed by atoms with Crippen molar-refractivity contribution in [3.63, 3.8) is 0 Å². The number of nitrogens with two attached hydrogens (primary N) is 1. The highest BCUT2D eigenvalue weighted by atomic mass is 35.5. The molecule has 1 aromatic carbocycles. The van der Waals surface area contributed by atoms with Gasteiger partial charge in [-0.25, -0.2) is 15.0 Å². The molecule has 4 nitrogen and oxygen atoms in total. The van der Waals surface area contributed by atoms with Crippen LogP contribution >= 0.6 is 11.6 Å². The predicted octanol–water partition coefficient (Wildman–Crippen LogP) is 3.54. The van der Waals surface area contributed by atoms with Gasteiger partial charge in [-0.15, -0.1) is 0 Å². The zero-order valence-corrected chi connectivity index (χ0v) is 11.9. The largest absolute Gasteiger partial charge is 0.368 e. The van der Waals surface area contributed by atoms with E-state index in [1.807, 2.05) is 6.07 Å². The lowest BCUT2D eigenvalue weighted by Gasteiger charge is -2.08. The lowest BCUT2D eigenvalue weighted by molar-refractivity contribution is 1.21. The number of benzene rings is 1. The van der Waals surface area contributed by atoms with Crippen molar-refractivity contribution in [2.24, 2.45) is 0 Å². The Labute approximate surface area is 121 Å². The third-order valence-corrected chi connectivity index (χ3v) is 3.52. The van der Waals surface area contributed by atoms with Gasteiger partial charge in [0.25, 0.3) is 0 Å². The molecule has 0 spiro atoms. The average Bonchev–Trinajstić information content (AvgIpc) is 2.41. The SMILES string of the molecule is Cc1ccc(-c2nc(N)nc3ccc(Cl)nc23)cc1C. The van der Waals surface area contributed by atoms with Crippen LogP contribution in [0.5, 0.6) is 0 Å². The minimum atomic E-state index is 0.231. The molecule has 0 radical (unpaired) electrons. The van der Waals surface area contributed by atoms with Crippen LogP contribution in [0.15, 0.2) is 30.3 Å². The number of fused-ring (bicyclic) bond motifs is 1. The van der Waals surface area contributed by atoms with Crippen molar-refractivity contribution in [3.05, 3.63) is 46.6 Å². The van der Waals surface area contributed by atoms with Crippen LogP contribution in [0.3, 0.4) is 0 Å². The smallest absolute Gasteiger partial charge is 0.221 e. The maximum absolute atomic E-state index is 5.98. The molecule has 0 fully saturated rings. The van der Waals surface area contributed by atoms with Crippen molar-refractivity contribution in [2.75, 3.05) is 5.73 Å². The topological polar surface area (TPSA) is 64.7 Å². The third-order valence-electron chi connectivity index (χ3n) is 3.31. The summed E-state index contributed by atoms with van der Waals surface area (Å²) < 4.78 is 0. The molecule has 0 saturated carbocycles. The van der Waals surface area contributed by atoms with Gasteiger partial charge in [0.15, 0.2) is 0 Å². The summed E-state index contributed by atoms with van der Waals surface area (Å²) in [6.45, 7) is 4.13. The molecule has 0 aliphatic heterocycles. The molecule has 0 aliphatic rings. The van der Waals surface area contributed by atoms with Crippen molar-refractivity contribution in [1.82, 2.24) is 15.0 Å². The van der Waals surface area contributed by atoms with Crippen LogP contribution < -0.4 is 5.73 Å². The first kappa shape index (κ1) is 12.8. The summed E-state index contributed by atoms with van der Waals surface area (Å²) in [7, 11) is 0. The van der Waals surface area contributed by atoms with E-state index in [0.717, 1.165) is 5.56 Å². The molecular formula is C15H13ClN4. The fourth-order valence-corrected chi connectivity index (χ4v) is 2.25. The molecule has 2 aromatic heterocycles. The zero-order valence-electron chi connectivity index (χ0n) is 11.2. The second kappa shape index (κ2) is 4.72. The lowest BCUT2D eigenvalue weighted by Crippen LogP contribution is -1.99. The van der Waals surface area contributed by atoms with E-state index in [1.54, 1.807) is 12.1 Å². The molecule has 2 N–H and O–H groups in total. The molecule has 0 saturated heterocycles. The summed E-state index contributed by atoms with van der Waals surface area (Å²) in [5, 5.41) is 0.413. The van der Waals surface area contributed by atoms with Crippen LogP contribution in [0.1, 0.15) is 11.1 Å². The van der Waals surface area contributed by atoms with Crippen molar-refractivity contribution >= 4 is 28.6 Å². The second-order valence-electron chi connectivity index (χ2n) is 4.73. The molecule has 0 atom stereocenters. The van der Waals surface area contributed by atoms with Crippen molar-refractivity contribution in [1.29, 1.82) is 0 Å². The Balaban J connectivity index is 2.33. The highest BCUT2D eigenvalue weighted by molar-refractivity contribution is 6.29. The first-order valence-corrected chi connectivity index (χ1v) is 6.60. The maximum atomic E-state index is 5.98. The Bertz CT molecular complexity index is 814. The van der Waals surface area contributed by atoms with Crippen molar-refractivity contribution < 1.29 is 0 Å². The van der Waals surface area contributed by atoms with E-state index in [2.05, 4.69) is 40.9 Å². The number of anilines is 1. The monoisotopic (exact) mass is 284 g/mol. The first-order chi connectivity index (χ1) is 9.54. The van der Waals surface area contributed by atoms with E-state index in [0.29, 0.717) is 21.9 Å². The fourth-order valence-electron chi connectivity index (χ4n) is 2.10. The van der Waals surface area contributed by atoms with Crippen LogP contribution in [0.4, 0.5) is 5.95 Å². The Morgan fingerprint density at radius 2 is 1.75 bits per heavy atom. The van der Waals surface area contributed by atoms with Gasteiger partial charge < -0.3 is 5.73 Å². The van der Waals surface area contributed by atoms with Gasteiger partial charge in [-0.1, -0.05) is 23.7 Å². The number of aryl methyl sites for hydroxylation is 2. The van der Waals surface area contributed by atoms with E-state index in [9.17, 15) is 0 Å². The molecule has 0 amide bonds. The summed E-state index contributed by atoms with van der Waals surface area (Å²) in [6.07, 6.45) is 0. The standard InChI is InChI=1S/C15H13ClN4/c1-8-3-4-10(7-9(8)2)13-14-11(18-15(17)20-13)5-6-12(16)19-14/h3-7H,1-2H3,(H2,17,18,20). The minimum Gasteiger partial charge on any atom is -0.368 e. The van der Waals surface area contributed by atoms with Gasteiger partial charge >= 0.3 is 0 Å². The molecule has 3 rings (SSSR count). The van der Waals surface area contributed by atoms with Gasteiger partial charge in [0.2, 0.25) is 5.95 Å². The van der Waals surface area contributed by atoms with E-state index in [1.165, 1.54) is 11.1 Å². The molecular weight excluding hydrogens is 272 g/mol. The van der Waals surface area contributed by atoms with Gasteiger partial charge in [-0.3, -0.25) is 0 Å². The van der Waals surface area contributed by atoms with Gasteiger partial charge in [-0.05, 0) is 43.2 Å². The Hall–Kier alpha value is -2.20. The van der Waals surface area contributed by atoms with Gasteiger partial charge in [0, 0.05) is 5.56 Å². The van der Waals surface area contributed by atoms with E-state index in [4.69, 9.17) is 17.3 Å². The molecule has 0 unspecified atom stereocenters. The van der Waals surface area contributed by atoms with Crippen LogP contribution in [-0.4, -0.2) is 15.0 Å². The van der Waals surface area contributed by atoms with E-state index < -0.39 is 0 Å². The molecule has 2 heterocycles. The third kappa shape index (κ3) is 2.18. The predicted molar refractivity (Wildman–Crippen MR) is 81.7 cm³/mol. The highest BCUT2D eigenvalue weighted by Crippen LogP contribution is 2.27. The number of nitrogen functional groups attached to an aromatic ring is 1. The Kier molecular flexibility index (Phi) is 3.03. The number of rotatable bonds is 1. The normalized spacial score (nSPS) is 10.9. The van der Waals surface area contributed by atoms with Gasteiger partial charge in [-0.2, -0.15) is 0 Å². The number of pyridine rings is 1. The number of halogens is 1. The Morgan fingerprint density at radius 3 is 2.50 bits per heavy atom. The molecule has 100 valence electrons. The Morgan fingerprint density at radius 1 is 0.950 bits per heavy atom. The minimum absolute atomic E-state index is 0.231. The van der Waals surface area contributed by atoms with Crippen LogP contribution in [0.2, 0.25) is 5.15 Å². The zero-order chi connectivity index (χ0) is 14.3. The van der Waals surface area contributed by atoms with Crippen molar-refractivity contribution in [2.45, 2.75) is 13.8 Å². The number of hydrogen-bond donors (Lipinski definition) is 1. The van der Waals surface area contributed by atoms with Crippen LogP contribution in [0, 0.1) is 13.8 Å². The summed E-state index contributed by atoms with van der Waals surface area (Å²) in [5.41, 5.74) is 11.2. The molecule has 5 heteroatoms. The van der Waals surface area contributed by atoms with Gasteiger partial charge in [0.05, 0.1) is 5.52 Å². The molecule has 20 heavy (non-hydrogen) atoms. The lowest BCUT2D eigenvalue weighted by atomic mass is 10.0. The van der Waals surface area contributed by atoms with E-state index >= 15 is 0 Å². The number of aromatic nitrogens is 3. The second-order valence-corrected chi connectivity index (χ2v) is 5.12. The summed E-state index contributed by atoms with van der Waals surface area (Å²) in [4.78, 5) is 12.8. The quantitative estimate of drug-likeness (QED) is 0.694. The molecule has 0 aliphatic carbocycles. The summed E-state index contributed by atoms with van der Waals surface area (Å²) >= 11 is 5.98. The summed E-state index contributed by atoms with van der Waals surface area (Å²) in [5.74, 6) is 0.231. The van der Waals surface area contributed by atoms with Crippen LogP contribution in [0.25, 0.3) is 22.3 Å². The molecule has 0 bridgehead atoms. The fraction of sp³-hybridized carbons (Fsp3) is 0.133. The molecule has 3 aromatic rings. The highest BCUT2D eigenvalue weighted by Gasteiger charge is 2.11. The number of nitrogens with zero attached hydrogens (tertiary/aromatic N) is 3. The van der Waals surface area contributed by atoms with Crippen molar-refractivity contribution in [3.8, 4) is 11.3 Å². The van der Waals surface area contributed by atoms with E-state index in [-0.39, 0.29) is 5.95 Å². The van der Waals surface area contributed by atoms with Crippen LogP contribution in [-0.2, 0) is 0 Å². The average molecular weight is 285 g/mol.